The van der Waals surface area contributed by atoms with Gasteiger partial charge in [-0.25, -0.2) is 4.79 Å². The van der Waals surface area contributed by atoms with Crippen LogP contribution in [0.2, 0.25) is 0 Å². The van der Waals surface area contributed by atoms with Gasteiger partial charge in [-0.05, 0) is 49.8 Å². The van der Waals surface area contributed by atoms with E-state index in [1.165, 1.54) is 5.57 Å². The number of allylic oxidation sites excluding steroid dienone is 3. The van der Waals surface area contributed by atoms with Crippen molar-refractivity contribution in [1.82, 2.24) is 4.90 Å². The highest BCUT2D eigenvalue weighted by atomic mass is 16.4. The zero-order valence-electron chi connectivity index (χ0n) is 15.9. The van der Waals surface area contributed by atoms with Crippen molar-refractivity contribution in [1.29, 1.82) is 0 Å². The van der Waals surface area contributed by atoms with Crippen LogP contribution in [0.4, 0.5) is 0 Å². The number of rotatable bonds is 8. The topological polar surface area (TPSA) is 57.6 Å². The molecule has 0 aliphatic carbocycles. The molecule has 1 amide bonds. The van der Waals surface area contributed by atoms with Crippen LogP contribution in [0.3, 0.4) is 0 Å². The van der Waals surface area contributed by atoms with Crippen molar-refractivity contribution in [3.8, 4) is 0 Å². The summed E-state index contributed by atoms with van der Waals surface area (Å²) in [5.74, 6) is -0.0707. The Kier molecular flexibility index (Phi) is 7.19. The number of carbonyl (C=O) groups excluding carboxylic acids is 1. The summed E-state index contributed by atoms with van der Waals surface area (Å²) in [6.07, 6.45) is 9.64. The van der Waals surface area contributed by atoms with E-state index in [2.05, 4.69) is 39.0 Å². The first-order chi connectivity index (χ1) is 12.4. The molecule has 1 N–H and O–H groups in total. The minimum absolute atomic E-state index is 0.156. The molecule has 1 atom stereocenters. The summed E-state index contributed by atoms with van der Waals surface area (Å²) in [4.78, 5) is 25.0. The number of carbonyl (C=O) groups is 2. The Bertz CT molecular complexity index is 686. The van der Waals surface area contributed by atoms with Crippen LogP contribution in [-0.4, -0.2) is 34.5 Å². The monoisotopic (exact) mass is 355 g/mol. The molecule has 1 aromatic carbocycles. The number of benzene rings is 1. The van der Waals surface area contributed by atoms with Gasteiger partial charge in [0.15, 0.2) is 0 Å². The smallest absolute Gasteiger partial charge is 0.335 e. The number of carboxylic acids is 1. The van der Waals surface area contributed by atoms with Crippen molar-refractivity contribution >= 4 is 11.9 Å². The summed E-state index contributed by atoms with van der Waals surface area (Å²) in [5, 5.41) is 8.95. The molecule has 26 heavy (non-hydrogen) atoms. The normalized spacial score (nSPS) is 18.3. The van der Waals surface area contributed by atoms with Crippen molar-refractivity contribution < 1.29 is 14.7 Å². The molecule has 0 radical (unpaired) electrons. The Hall–Kier alpha value is -2.36. The first kappa shape index (κ1) is 20.0. The molecule has 0 bridgehead atoms. The van der Waals surface area contributed by atoms with Crippen LogP contribution >= 0.6 is 0 Å². The highest BCUT2D eigenvalue weighted by molar-refractivity contribution is 5.87. The highest BCUT2D eigenvalue weighted by Crippen LogP contribution is 2.21. The van der Waals surface area contributed by atoms with Crippen LogP contribution in [0, 0.1) is 5.92 Å². The minimum atomic E-state index is -0.919. The van der Waals surface area contributed by atoms with Gasteiger partial charge in [0.05, 0.1) is 11.6 Å². The summed E-state index contributed by atoms with van der Waals surface area (Å²) in [5.41, 5.74) is 2.69. The van der Waals surface area contributed by atoms with Crippen molar-refractivity contribution in [2.45, 2.75) is 52.5 Å². The zero-order valence-corrected chi connectivity index (χ0v) is 15.9. The molecule has 1 aliphatic rings. The Labute approximate surface area is 156 Å². The van der Waals surface area contributed by atoms with E-state index in [-0.39, 0.29) is 17.5 Å². The van der Waals surface area contributed by atoms with E-state index >= 15 is 0 Å². The Morgan fingerprint density at radius 3 is 2.62 bits per heavy atom. The molecule has 4 nitrogen and oxygen atoms in total. The van der Waals surface area contributed by atoms with E-state index in [1.54, 1.807) is 12.1 Å². The summed E-state index contributed by atoms with van der Waals surface area (Å²) >= 11 is 0. The maximum atomic E-state index is 12.2. The third kappa shape index (κ3) is 5.87. The summed E-state index contributed by atoms with van der Waals surface area (Å²) < 4.78 is 0. The van der Waals surface area contributed by atoms with E-state index in [9.17, 15) is 9.59 Å². The average molecular weight is 355 g/mol. The standard InChI is InChI=1S/C22H29NO3/c1-16(2)15-17(3)5-4-6-20-11-12-21(24)23(20)14-13-18-7-9-19(10-8-18)22(25)26/h4-10,16,20H,11-15H2,1-3H3,(H,25,26)/t20-/m0/s1. The highest BCUT2D eigenvalue weighted by Gasteiger charge is 2.28. The predicted molar refractivity (Wildman–Crippen MR) is 104 cm³/mol. The number of amides is 1. The van der Waals surface area contributed by atoms with Crippen LogP contribution in [0.25, 0.3) is 0 Å². The van der Waals surface area contributed by atoms with Crippen LogP contribution in [0.15, 0.2) is 48.1 Å². The molecular formula is C22H29NO3. The molecule has 0 unspecified atom stereocenters. The van der Waals surface area contributed by atoms with Gasteiger partial charge in [0.1, 0.15) is 0 Å². The second-order valence-corrected chi connectivity index (χ2v) is 7.44. The Balaban J connectivity index is 1.93. The zero-order chi connectivity index (χ0) is 19.1. The lowest BCUT2D eigenvalue weighted by molar-refractivity contribution is -0.128. The van der Waals surface area contributed by atoms with Crippen molar-refractivity contribution in [2.75, 3.05) is 6.54 Å². The molecule has 0 aromatic heterocycles. The lowest BCUT2D eigenvalue weighted by atomic mass is 10.0. The molecule has 2 rings (SSSR count). The molecule has 1 aromatic rings. The first-order valence-electron chi connectivity index (χ1n) is 9.32. The van der Waals surface area contributed by atoms with Gasteiger partial charge in [0, 0.05) is 13.0 Å². The Morgan fingerprint density at radius 2 is 2.00 bits per heavy atom. The lowest BCUT2D eigenvalue weighted by Crippen LogP contribution is -2.33. The minimum Gasteiger partial charge on any atom is -0.478 e. The number of nitrogens with zero attached hydrogens (tertiary/aromatic N) is 1. The number of hydrogen-bond acceptors (Lipinski definition) is 2. The van der Waals surface area contributed by atoms with Crippen molar-refractivity contribution in [3.05, 3.63) is 59.2 Å². The number of likely N-dealkylation sites (tertiary alicyclic amines) is 1. The van der Waals surface area contributed by atoms with Crippen LogP contribution in [0.5, 0.6) is 0 Å². The third-order valence-corrected chi connectivity index (χ3v) is 4.66. The molecule has 0 saturated carbocycles. The van der Waals surface area contributed by atoms with Gasteiger partial charge in [0.25, 0.3) is 0 Å². The molecule has 1 saturated heterocycles. The summed E-state index contributed by atoms with van der Waals surface area (Å²) in [6.45, 7) is 7.22. The fraction of sp³-hybridized carbons (Fsp3) is 0.455. The van der Waals surface area contributed by atoms with Crippen LogP contribution < -0.4 is 0 Å². The molecule has 140 valence electrons. The molecule has 4 heteroatoms. The fourth-order valence-corrected chi connectivity index (χ4v) is 3.37. The SMILES string of the molecule is CC(=CC=C[C@H]1CCC(=O)N1CCc1ccc(C(=O)O)cc1)CC(C)C. The van der Waals surface area contributed by atoms with Gasteiger partial charge in [-0.1, -0.05) is 49.8 Å². The molecular weight excluding hydrogens is 326 g/mol. The summed E-state index contributed by atoms with van der Waals surface area (Å²) in [7, 11) is 0. The van der Waals surface area contributed by atoms with Crippen LogP contribution in [-0.2, 0) is 11.2 Å². The van der Waals surface area contributed by atoms with Crippen molar-refractivity contribution in [2.24, 2.45) is 5.92 Å². The number of hydrogen-bond donors (Lipinski definition) is 1. The van der Waals surface area contributed by atoms with E-state index in [0.717, 1.165) is 24.8 Å². The van der Waals surface area contributed by atoms with Gasteiger partial charge < -0.3 is 10.0 Å². The quantitative estimate of drug-likeness (QED) is 0.700. The number of carboxylic acid groups (broad SMARTS) is 1. The largest absolute Gasteiger partial charge is 0.478 e. The van der Waals surface area contributed by atoms with E-state index < -0.39 is 5.97 Å². The lowest BCUT2D eigenvalue weighted by Gasteiger charge is -2.22. The second-order valence-electron chi connectivity index (χ2n) is 7.44. The maximum Gasteiger partial charge on any atom is 0.335 e. The molecule has 1 aliphatic heterocycles. The van der Waals surface area contributed by atoms with E-state index in [1.807, 2.05) is 17.0 Å². The molecule has 0 spiro atoms. The molecule has 1 heterocycles. The van der Waals surface area contributed by atoms with Crippen molar-refractivity contribution in [3.63, 3.8) is 0 Å². The van der Waals surface area contributed by atoms with Crippen LogP contribution in [0.1, 0.15) is 56.0 Å². The van der Waals surface area contributed by atoms with Gasteiger partial charge in [0.2, 0.25) is 5.91 Å². The average Bonchev–Trinajstić information content (AvgIpc) is 2.92. The van der Waals surface area contributed by atoms with Gasteiger partial charge >= 0.3 is 5.97 Å². The van der Waals surface area contributed by atoms with E-state index in [4.69, 9.17) is 5.11 Å². The van der Waals surface area contributed by atoms with E-state index in [0.29, 0.717) is 18.9 Å². The molecule has 1 fully saturated rings. The van der Waals surface area contributed by atoms with Gasteiger partial charge in [-0.3, -0.25) is 4.79 Å². The number of aromatic carboxylic acids is 1. The second kappa shape index (κ2) is 9.37. The maximum absolute atomic E-state index is 12.2. The van der Waals surface area contributed by atoms with Gasteiger partial charge in [-0.15, -0.1) is 0 Å². The predicted octanol–water partition coefficient (Wildman–Crippen LogP) is 4.47. The first-order valence-corrected chi connectivity index (χ1v) is 9.32. The third-order valence-electron chi connectivity index (χ3n) is 4.66. The summed E-state index contributed by atoms with van der Waals surface area (Å²) in [6, 6.07) is 7.04. The fourth-order valence-electron chi connectivity index (χ4n) is 3.37. The Morgan fingerprint density at radius 1 is 1.31 bits per heavy atom. The van der Waals surface area contributed by atoms with Gasteiger partial charge in [-0.2, -0.15) is 0 Å².